The molecule has 1 aromatic carbocycles. The standard InChI is InChI=1S/C17H18N2O4S/c1-4-14-18-10(2)15(24-14)16(20)19-9-13(17(21)22-3)23-12-8-6-5-7-11(12)19/h5-8,13H,4,9H2,1-3H3. The number of nitrogens with zero attached hydrogens (tertiary/aromatic N) is 2. The van der Waals surface area contributed by atoms with Gasteiger partial charge < -0.3 is 9.47 Å². The lowest BCUT2D eigenvalue weighted by Crippen LogP contribution is -2.47. The molecule has 1 aromatic heterocycles. The molecule has 1 unspecified atom stereocenters. The number of anilines is 1. The van der Waals surface area contributed by atoms with Gasteiger partial charge in [0.2, 0.25) is 6.10 Å². The molecule has 0 radical (unpaired) electrons. The van der Waals surface area contributed by atoms with E-state index in [1.807, 2.05) is 19.9 Å². The summed E-state index contributed by atoms with van der Waals surface area (Å²) >= 11 is 1.39. The molecule has 1 amide bonds. The summed E-state index contributed by atoms with van der Waals surface area (Å²) in [7, 11) is 1.30. The molecule has 0 saturated heterocycles. The van der Waals surface area contributed by atoms with E-state index >= 15 is 0 Å². The van der Waals surface area contributed by atoms with Crippen molar-refractivity contribution in [2.75, 3.05) is 18.6 Å². The van der Waals surface area contributed by atoms with Crippen LogP contribution < -0.4 is 9.64 Å². The topological polar surface area (TPSA) is 68.7 Å². The zero-order valence-electron chi connectivity index (χ0n) is 13.7. The van der Waals surface area contributed by atoms with Gasteiger partial charge in [0.1, 0.15) is 10.6 Å². The van der Waals surface area contributed by atoms with Crippen molar-refractivity contribution in [1.82, 2.24) is 4.98 Å². The van der Waals surface area contributed by atoms with E-state index in [0.717, 1.165) is 11.4 Å². The fourth-order valence-electron chi connectivity index (χ4n) is 2.61. The van der Waals surface area contributed by atoms with E-state index in [9.17, 15) is 9.59 Å². The first-order valence-corrected chi connectivity index (χ1v) is 8.48. The number of amides is 1. The highest BCUT2D eigenvalue weighted by molar-refractivity contribution is 7.13. The Morgan fingerprint density at radius 3 is 2.83 bits per heavy atom. The molecule has 126 valence electrons. The quantitative estimate of drug-likeness (QED) is 0.799. The first kappa shape index (κ1) is 16.4. The maximum absolute atomic E-state index is 13.1. The normalized spacial score (nSPS) is 16.3. The van der Waals surface area contributed by atoms with E-state index in [1.54, 1.807) is 23.1 Å². The highest BCUT2D eigenvalue weighted by atomic mass is 32.1. The third kappa shape index (κ3) is 2.87. The summed E-state index contributed by atoms with van der Waals surface area (Å²) < 4.78 is 10.4. The van der Waals surface area contributed by atoms with Gasteiger partial charge in [-0.1, -0.05) is 19.1 Å². The minimum absolute atomic E-state index is 0.112. The minimum atomic E-state index is -0.840. The second-order valence-electron chi connectivity index (χ2n) is 5.39. The molecular formula is C17H18N2O4S. The van der Waals surface area contributed by atoms with E-state index in [1.165, 1.54) is 18.4 Å². The first-order valence-electron chi connectivity index (χ1n) is 7.66. The number of thiazole rings is 1. The van der Waals surface area contributed by atoms with Crippen LogP contribution in [0.4, 0.5) is 5.69 Å². The third-order valence-corrected chi connectivity index (χ3v) is 5.11. The number of methoxy groups -OCH3 is 1. The number of aryl methyl sites for hydroxylation is 2. The molecule has 1 atom stereocenters. The Labute approximate surface area is 144 Å². The van der Waals surface area contributed by atoms with Crippen molar-refractivity contribution < 1.29 is 19.1 Å². The predicted octanol–water partition coefficient (Wildman–Crippen LogP) is 2.59. The SMILES string of the molecule is CCc1nc(C)c(C(=O)N2CC(C(=O)OC)Oc3ccccc32)s1. The maximum atomic E-state index is 13.1. The van der Waals surface area contributed by atoms with Crippen molar-refractivity contribution >= 4 is 28.9 Å². The molecule has 0 spiro atoms. The largest absolute Gasteiger partial charge is 0.475 e. The fourth-order valence-corrected chi connectivity index (χ4v) is 3.56. The number of carbonyl (C=O) groups is 2. The molecular weight excluding hydrogens is 328 g/mol. The van der Waals surface area contributed by atoms with Crippen LogP contribution in [-0.2, 0) is 16.0 Å². The Morgan fingerprint density at radius 1 is 1.42 bits per heavy atom. The van der Waals surface area contributed by atoms with Crippen molar-refractivity contribution in [3.05, 3.63) is 39.8 Å². The molecule has 0 aliphatic carbocycles. The molecule has 3 rings (SSSR count). The molecule has 0 N–H and O–H groups in total. The summed E-state index contributed by atoms with van der Waals surface area (Å²) in [6.45, 7) is 3.94. The molecule has 7 heteroatoms. The lowest BCUT2D eigenvalue weighted by molar-refractivity contribution is -0.148. The van der Waals surface area contributed by atoms with Gasteiger partial charge in [0.05, 0.1) is 30.0 Å². The minimum Gasteiger partial charge on any atom is -0.475 e. The molecule has 2 heterocycles. The Hall–Kier alpha value is -2.41. The second-order valence-corrected chi connectivity index (χ2v) is 6.47. The molecule has 24 heavy (non-hydrogen) atoms. The van der Waals surface area contributed by atoms with Crippen LogP contribution in [-0.4, -0.2) is 36.6 Å². The molecule has 0 saturated carbocycles. The summed E-state index contributed by atoms with van der Waals surface area (Å²) in [6, 6.07) is 7.17. The van der Waals surface area contributed by atoms with E-state index in [2.05, 4.69) is 4.98 Å². The van der Waals surface area contributed by atoms with Crippen LogP contribution in [0.1, 0.15) is 27.3 Å². The Morgan fingerprint density at radius 2 is 2.17 bits per heavy atom. The monoisotopic (exact) mass is 346 g/mol. The summed E-state index contributed by atoms with van der Waals surface area (Å²) in [5.41, 5.74) is 1.36. The van der Waals surface area contributed by atoms with E-state index in [4.69, 9.17) is 9.47 Å². The van der Waals surface area contributed by atoms with Gasteiger partial charge >= 0.3 is 5.97 Å². The van der Waals surface area contributed by atoms with Crippen LogP contribution in [0.5, 0.6) is 5.75 Å². The maximum Gasteiger partial charge on any atom is 0.348 e. The molecule has 0 fully saturated rings. The summed E-state index contributed by atoms with van der Waals surface area (Å²) in [5.74, 6) is -0.183. The number of para-hydroxylation sites is 2. The van der Waals surface area contributed by atoms with Gasteiger partial charge in [0.25, 0.3) is 5.91 Å². The number of hydrogen-bond donors (Lipinski definition) is 0. The number of benzene rings is 1. The number of aromatic nitrogens is 1. The van der Waals surface area contributed by atoms with Gasteiger partial charge in [-0.2, -0.15) is 0 Å². The predicted molar refractivity (Wildman–Crippen MR) is 90.8 cm³/mol. The van der Waals surface area contributed by atoms with E-state index in [0.29, 0.717) is 22.0 Å². The van der Waals surface area contributed by atoms with Crippen molar-refractivity contribution in [2.24, 2.45) is 0 Å². The number of ether oxygens (including phenoxy) is 2. The lowest BCUT2D eigenvalue weighted by atomic mass is 10.1. The van der Waals surface area contributed by atoms with Gasteiger partial charge in [0.15, 0.2) is 0 Å². The van der Waals surface area contributed by atoms with Gasteiger partial charge in [-0.3, -0.25) is 9.69 Å². The fraction of sp³-hybridized carbons (Fsp3) is 0.353. The third-order valence-electron chi connectivity index (χ3n) is 3.82. The average Bonchev–Trinajstić information content (AvgIpc) is 3.00. The number of rotatable bonds is 3. The molecule has 0 bridgehead atoms. The highest BCUT2D eigenvalue weighted by Crippen LogP contribution is 2.35. The zero-order chi connectivity index (χ0) is 17.3. The van der Waals surface area contributed by atoms with Crippen LogP contribution in [0.2, 0.25) is 0 Å². The van der Waals surface area contributed by atoms with E-state index < -0.39 is 12.1 Å². The number of hydrogen-bond acceptors (Lipinski definition) is 6. The number of fused-ring (bicyclic) bond motifs is 1. The average molecular weight is 346 g/mol. The Kier molecular flexibility index (Phi) is 4.53. The summed E-state index contributed by atoms with van der Waals surface area (Å²) in [6.07, 6.45) is -0.0590. The van der Waals surface area contributed by atoms with E-state index in [-0.39, 0.29) is 12.5 Å². The van der Waals surface area contributed by atoms with Crippen molar-refractivity contribution in [1.29, 1.82) is 0 Å². The van der Waals surface area contributed by atoms with Crippen molar-refractivity contribution in [2.45, 2.75) is 26.4 Å². The van der Waals surface area contributed by atoms with Crippen LogP contribution in [0.25, 0.3) is 0 Å². The van der Waals surface area contributed by atoms with Crippen molar-refractivity contribution in [3.8, 4) is 5.75 Å². The van der Waals surface area contributed by atoms with Crippen LogP contribution >= 0.6 is 11.3 Å². The van der Waals surface area contributed by atoms with Gasteiger partial charge in [0, 0.05) is 0 Å². The Bertz CT molecular complexity index is 787. The summed E-state index contributed by atoms with van der Waals surface area (Å²) in [4.78, 5) is 31.5. The van der Waals surface area contributed by atoms with Gasteiger partial charge in [-0.15, -0.1) is 11.3 Å². The molecule has 1 aliphatic heterocycles. The van der Waals surface area contributed by atoms with Crippen LogP contribution in [0.15, 0.2) is 24.3 Å². The highest BCUT2D eigenvalue weighted by Gasteiger charge is 2.35. The summed E-state index contributed by atoms with van der Waals surface area (Å²) in [5, 5.41) is 0.918. The lowest BCUT2D eigenvalue weighted by Gasteiger charge is -2.33. The molecule has 6 nitrogen and oxygen atoms in total. The number of carbonyl (C=O) groups excluding carboxylic acids is 2. The van der Waals surface area contributed by atoms with Gasteiger partial charge in [-0.05, 0) is 25.5 Å². The molecule has 1 aliphatic rings. The van der Waals surface area contributed by atoms with Crippen molar-refractivity contribution in [3.63, 3.8) is 0 Å². The Balaban J connectivity index is 1.99. The zero-order valence-corrected chi connectivity index (χ0v) is 14.6. The second kappa shape index (κ2) is 6.60. The van der Waals surface area contributed by atoms with Crippen LogP contribution in [0.3, 0.4) is 0 Å². The number of esters is 1. The smallest absolute Gasteiger partial charge is 0.348 e. The van der Waals surface area contributed by atoms with Crippen LogP contribution in [0, 0.1) is 6.92 Å². The molecule has 2 aromatic rings. The first-order chi connectivity index (χ1) is 11.5. The van der Waals surface area contributed by atoms with Gasteiger partial charge in [-0.25, -0.2) is 9.78 Å².